The van der Waals surface area contributed by atoms with Gasteiger partial charge >= 0.3 is 103 Å². The topological polar surface area (TPSA) is 118 Å². The average molecular weight is 377 g/mol. The summed E-state index contributed by atoms with van der Waals surface area (Å²) in [6.45, 7) is 1.90. The molecule has 0 spiro atoms. The summed E-state index contributed by atoms with van der Waals surface area (Å²) in [4.78, 5) is 25.6. The van der Waals surface area contributed by atoms with Gasteiger partial charge in [-0.3, -0.25) is 5.43 Å². The van der Waals surface area contributed by atoms with E-state index in [2.05, 4.69) is 15.5 Å². The number of rotatable bonds is 6. The number of hydrogen-bond donors (Lipinski definition) is 1. The van der Waals surface area contributed by atoms with Crippen LogP contribution in [0.5, 0.6) is 0 Å². The zero-order chi connectivity index (χ0) is 16.1. The summed E-state index contributed by atoms with van der Waals surface area (Å²) >= 11 is 0. The molecule has 1 aromatic carbocycles. The van der Waals surface area contributed by atoms with Gasteiger partial charge < -0.3 is 19.8 Å². The van der Waals surface area contributed by atoms with Gasteiger partial charge in [-0.1, -0.05) is 18.2 Å². The molecule has 0 radical (unpaired) electrons. The number of aromatic nitrogens is 1. The van der Waals surface area contributed by atoms with Crippen molar-refractivity contribution in [3.05, 3.63) is 35.9 Å². The molecule has 24 heavy (non-hydrogen) atoms. The Hall–Kier alpha value is 0.313. The van der Waals surface area contributed by atoms with E-state index >= 15 is 0 Å². The number of pyridine rings is 1. The Bertz CT molecular complexity index is 765. The van der Waals surface area contributed by atoms with E-state index in [-0.39, 0.29) is 109 Å². The van der Waals surface area contributed by atoms with Crippen LogP contribution in [0.3, 0.4) is 0 Å². The first kappa shape index (κ1) is 24.3. The fraction of sp³-hybridized carbons (Fsp3) is 0.200. The summed E-state index contributed by atoms with van der Waals surface area (Å²) in [7, 11) is 0. The maximum Gasteiger partial charge on any atom is 1.00 e. The molecular formula is C15H13K2N3O4. The number of carbonyl (C=O) groups is 2. The van der Waals surface area contributed by atoms with Gasteiger partial charge in [0, 0.05) is 11.4 Å². The van der Waals surface area contributed by atoms with Crippen LogP contribution in [0.1, 0.15) is 18.4 Å². The van der Waals surface area contributed by atoms with Crippen LogP contribution in [0.2, 0.25) is 0 Å². The number of carboxylic acid groups (broad SMARTS) is 2. The number of nitrogens with zero attached hydrogens (tertiary/aromatic N) is 2. The quantitative estimate of drug-likeness (QED) is 0.304. The molecule has 1 N–H and O–H groups in total. The summed E-state index contributed by atoms with van der Waals surface area (Å²) in [5.74, 6) is -2.52. The van der Waals surface area contributed by atoms with Crippen molar-refractivity contribution in [2.45, 2.75) is 19.8 Å². The van der Waals surface area contributed by atoms with Crippen molar-refractivity contribution in [1.82, 2.24) is 4.98 Å². The van der Waals surface area contributed by atoms with Gasteiger partial charge in [0.05, 0.1) is 17.2 Å². The molecule has 0 aliphatic heterocycles. The van der Waals surface area contributed by atoms with E-state index in [4.69, 9.17) is 0 Å². The van der Waals surface area contributed by atoms with Gasteiger partial charge in [0.25, 0.3) is 0 Å². The van der Waals surface area contributed by atoms with E-state index in [1.54, 1.807) is 6.07 Å². The third-order valence-electron chi connectivity index (χ3n) is 3.03. The van der Waals surface area contributed by atoms with Crippen molar-refractivity contribution in [1.29, 1.82) is 0 Å². The molecule has 0 atom stereocenters. The summed E-state index contributed by atoms with van der Waals surface area (Å²) < 4.78 is 0. The van der Waals surface area contributed by atoms with Gasteiger partial charge in [0.15, 0.2) is 0 Å². The molecule has 0 fully saturated rings. The Balaban J connectivity index is 0.00000264. The van der Waals surface area contributed by atoms with Crippen molar-refractivity contribution in [2.75, 3.05) is 5.43 Å². The standard InChI is InChI=1S/C15H15N3O4.2K/c1-9-8-13(16-11-5-3-2-4-10(9)11)18-17-12(15(21)22)6-7-14(19)20;;/h2-5,8H,6-7H2,1H3,(H,16,18)(H,19,20)(H,21,22);;/q;2*+1/p-2/b17-12-;;. The Morgan fingerprint density at radius 3 is 2.46 bits per heavy atom. The molecule has 0 aliphatic carbocycles. The van der Waals surface area contributed by atoms with Gasteiger partial charge in [-0.2, -0.15) is 5.10 Å². The molecule has 1 heterocycles. The molecule has 1 aromatic heterocycles. The van der Waals surface area contributed by atoms with Crippen LogP contribution in [0, 0.1) is 6.92 Å². The van der Waals surface area contributed by atoms with Crippen molar-refractivity contribution >= 4 is 34.4 Å². The number of fused-ring (bicyclic) bond motifs is 1. The van der Waals surface area contributed by atoms with Gasteiger partial charge in [-0.25, -0.2) is 4.98 Å². The van der Waals surface area contributed by atoms with Crippen LogP contribution in [-0.4, -0.2) is 22.6 Å². The van der Waals surface area contributed by atoms with E-state index in [9.17, 15) is 19.8 Å². The predicted octanol–water partition coefficient (Wildman–Crippen LogP) is -6.40. The number of anilines is 1. The zero-order valence-corrected chi connectivity index (χ0v) is 20.1. The summed E-state index contributed by atoms with van der Waals surface area (Å²) in [5.41, 5.74) is 3.81. The second kappa shape index (κ2) is 11.8. The maximum atomic E-state index is 10.9. The third kappa shape index (κ3) is 7.28. The maximum absolute atomic E-state index is 10.9. The molecule has 9 heteroatoms. The van der Waals surface area contributed by atoms with Crippen LogP contribution in [0.15, 0.2) is 35.4 Å². The molecule has 0 unspecified atom stereocenters. The van der Waals surface area contributed by atoms with E-state index in [0.717, 1.165) is 16.5 Å². The smallest absolute Gasteiger partial charge is 0.550 e. The largest absolute Gasteiger partial charge is 1.00 e. The second-order valence-corrected chi connectivity index (χ2v) is 4.67. The van der Waals surface area contributed by atoms with Crippen molar-refractivity contribution in [3.63, 3.8) is 0 Å². The Morgan fingerprint density at radius 2 is 1.83 bits per heavy atom. The minimum Gasteiger partial charge on any atom is -0.550 e. The van der Waals surface area contributed by atoms with Gasteiger partial charge in [0.2, 0.25) is 0 Å². The van der Waals surface area contributed by atoms with Crippen molar-refractivity contribution < 1.29 is 123 Å². The number of carboxylic acids is 2. The third-order valence-corrected chi connectivity index (χ3v) is 3.03. The molecule has 0 saturated heterocycles. The van der Waals surface area contributed by atoms with E-state index in [0.29, 0.717) is 5.82 Å². The number of nitrogens with one attached hydrogen (secondary N) is 1. The van der Waals surface area contributed by atoms with E-state index < -0.39 is 24.1 Å². The summed E-state index contributed by atoms with van der Waals surface area (Å²) in [5, 5.41) is 25.9. The number of hydrogen-bond acceptors (Lipinski definition) is 7. The molecule has 0 bridgehead atoms. The van der Waals surface area contributed by atoms with Crippen LogP contribution in [-0.2, 0) is 9.59 Å². The molecule has 0 saturated carbocycles. The molecule has 114 valence electrons. The molecular weight excluding hydrogens is 364 g/mol. The number of carbonyl (C=O) groups excluding carboxylic acids is 2. The first-order chi connectivity index (χ1) is 10.5. The van der Waals surface area contributed by atoms with Gasteiger partial charge in [-0.05, 0) is 37.5 Å². The number of aryl methyl sites for hydroxylation is 1. The van der Waals surface area contributed by atoms with Crippen LogP contribution in [0.4, 0.5) is 5.82 Å². The van der Waals surface area contributed by atoms with Gasteiger partial charge in [-0.15, -0.1) is 0 Å². The summed E-state index contributed by atoms with van der Waals surface area (Å²) in [6.07, 6.45) is -0.733. The molecule has 7 nitrogen and oxygen atoms in total. The van der Waals surface area contributed by atoms with Gasteiger partial charge in [0.1, 0.15) is 5.82 Å². The Labute approximate surface area is 224 Å². The molecule has 2 aromatic rings. The molecule has 2 rings (SSSR count). The Kier molecular flexibility index (Phi) is 12.0. The van der Waals surface area contributed by atoms with E-state index in [1.807, 2.05) is 31.2 Å². The zero-order valence-electron chi connectivity index (χ0n) is 13.8. The average Bonchev–Trinajstić information content (AvgIpc) is 2.46. The first-order valence-electron chi connectivity index (χ1n) is 6.57. The Morgan fingerprint density at radius 1 is 1.17 bits per heavy atom. The van der Waals surface area contributed by atoms with Crippen LogP contribution >= 0.6 is 0 Å². The normalized spacial score (nSPS) is 10.5. The number of benzene rings is 1. The monoisotopic (exact) mass is 377 g/mol. The van der Waals surface area contributed by atoms with Crippen molar-refractivity contribution in [2.24, 2.45) is 5.10 Å². The fourth-order valence-electron chi connectivity index (χ4n) is 1.96. The van der Waals surface area contributed by atoms with Crippen LogP contribution < -0.4 is 118 Å². The fourth-order valence-corrected chi connectivity index (χ4v) is 1.96. The van der Waals surface area contributed by atoms with Crippen molar-refractivity contribution in [3.8, 4) is 0 Å². The SMILES string of the molecule is Cc1cc(N/N=C(/CCC(=O)[O-])C(=O)[O-])nc2ccccc12.[K+].[K+]. The number of hydrazone groups is 1. The first-order valence-corrected chi connectivity index (χ1v) is 6.57. The minimum absolute atomic E-state index is 0. The van der Waals surface area contributed by atoms with E-state index in [1.165, 1.54) is 0 Å². The molecule has 0 aliphatic rings. The molecule has 0 amide bonds. The predicted molar refractivity (Wildman–Crippen MR) is 76.8 cm³/mol. The minimum atomic E-state index is -1.54. The number of para-hydroxylation sites is 1. The second-order valence-electron chi connectivity index (χ2n) is 4.67. The summed E-state index contributed by atoms with van der Waals surface area (Å²) in [6, 6.07) is 9.21. The van der Waals surface area contributed by atoms with Crippen LogP contribution in [0.25, 0.3) is 10.9 Å². The number of aliphatic carboxylic acids is 2.